The van der Waals surface area contributed by atoms with Crippen LogP contribution in [0.15, 0.2) is 18.2 Å². The van der Waals surface area contributed by atoms with E-state index in [2.05, 4.69) is 5.32 Å². The Morgan fingerprint density at radius 3 is 2.68 bits per heavy atom. The monoisotopic (exact) mass is 266 g/mol. The maximum atomic E-state index is 13.3. The Labute approximate surface area is 114 Å². The fraction of sp³-hybridized carbons (Fsp3) is 0.533. The lowest BCUT2D eigenvalue weighted by Crippen LogP contribution is -2.36. The number of nitrogens with one attached hydrogen (secondary N) is 1. The first-order valence-corrected chi connectivity index (χ1v) is 6.60. The molecule has 4 heteroatoms. The lowest BCUT2D eigenvalue weighted by Gasteiger charge is -2.26. The van der Waals surface area contributed by atoms with Crippen molar-refractivity contribution in [1.29, 1.82) is 0 Å². The average Bonchev–Trinajstić information content (AvgIpc) is 2.37. The maximum absolute atomic E-state index is 13.3. The Bertz CT molecular complexity index is 444. The van der Waals surface area contributed by atoms with E-state index < -0.39 is 0 Å². The van der Waals surface area contributed by atoms with Gasteiger partial charge in [0.2, 0.25) is 5.91 Å². The molecule has 1 amide bonds. The van der Waals surface area contributed by atoms with Gasteiger partial charge in [-0.1, -0.05) is 26.0 Å². The topological polar surface area (TPSA) is 55.1 Å². The lowest BCUT2D eigenvalue weighted by molar-refractivity contribution is -0.121. The van der Waals surface area contributed by atoms with E-state index in [9.17, 15) is 9.18 Å². The molecule has 0 radical (unpaired) electrons. The van der Waals surface area contributed by atoms with E-state index in [0.717, 1.165) is 5.56 Å². The summed E-state index contributed by atoms with van der Waals surface area (Å²) in [4.78, 5) is 11.6. The van der Waals surface area contributed by atoms with Crippen molar-refractivity contribution < 1.29 is 9.18 Å². The van der Waals surface area contributed by atoms with Gasteiger partial charge in [-0.3, -0.25) is 4.79 Å². The van der Waals surface area contributed by atoms with Gasteiger partial charge in [0.25, 0.3) is 0 Å². The Kier molecular flexibility index (Phi) is 5.48. The van der Waals surface area contributed by atoms with Crippen molar-refractivity contribution in [2.45, 2.75) is 39.0 Å². The molecule has 1 aromatic rings. The molecule has 1 aromatic carbocycles. The number of amides is 1. The standard InChI is InChI=1S/C15H23FN2O/c1-11-9-12(6-7-13(11)16)15(2,3)10-18-14(19)5-4-8-17/h6-7,9H,4-5,8,10,17H2,1-3H3,(H,18,19). The van der Waals surface area contributed by atoms with Gasteiger partial charge in [-0.2, -0.15) is 0 Å². The van der Waals surface area contributed by atoms with Gasteiger partial charge < -0.3 is 11.1 Å². The van der Waals surface area contributed by atoms with Gasteiger partial charge in [0.05, 0.1) is 0 Å². The van der Waals surface area contributed by atoms with E-state index in [1.807, 2.05) is 19.9 Å². The summed E-state index contributed by atoms with van der Waals surface area (Å²) in [6, 6.07) is 5.08. The van der Waals surface area contributed by atoms with Crippen molar-refractivity contribution in [2.75, 3.05) is 13.1 Å². The second-order valence-electron chi connectivity index (χ2n) is 5.52. The zero-order valence-electron chi connectivity index (χ0n) is 11.9. The fourth-order valence-electron chi connectivity index (χ4n) is 1.84. The second kappa shape index (κ2) is 6.66. The molecule has 0 aliphatic carbocycles. The first-order chi connectivity index (χ1) is 8.86. The third-order valence-corrected chi connectivity index (χ3v) is 3.27. The minimum Gasteiger partial charge on any atom is -0.355 e. The molecular formula is C15H23FN2O. The summed E-state index contributed by atoms with van der Waals surface area (Å²) in [5.41, 5.74) is 6.78. The Balaban J connectivity index is 2.64. The van der Waals surface area contributed by atoms with Crippen LogP contribution in [0.5, 0.6) is 0 Å². The normalized spacial score (nSPS) is 11.4. The van der Waals surface area contributed by atoms with Gasteiger partial charge in [-0.05, 0) is 37.1 Å². The maximum Gasteiger partial charge on any atom is 0.220 e. The van der Waals surface area contributed by atoms with Crippen molar-refractivity contribution in [2.24, 2.45) is 5.73 Å². The van der Waals surface area contributed by atoms with Crippen LogP contribution in [0.1, 0.15) is 37.8 Å². The Morgan fingerprint density at radius 1 is 1.42 bits per heavy atom. The number of halogens is 1. The highest BCUT2D eigenvalue weighted by Crippen LogP contribution is 2.24. The average molecular weight is 266 g/mol. The zero-order valence-corrected chi connectivity index (χ0v) is 11.9. The molecule has 1 rings (SSSR count). The first kappa shape index (κ1) is 15.6. The molecule has 0 aliphatic heterocycles. The van der Waals surface area contributed by atoms with Crippen LogP contribution in [-0.2, 0) is 10.2 Å². The van der Waals surface area contributed by atoms with E-state index in [4.69, 9.17) is 5.73 Å². The highest BCUT2D eigenvalue weighted by molar-refractivity contribution is 5.75. The van der Waals surface area contributed by atoms with Crippen LogP contribution >= 0.6 is 0 Å². The molecule has 0 bridgehead atoms. The number of hydrogen-bond acceptors (Lipinski definition) is 2. The summed E-state index contributed by atoms with van der Waals surface area (Å²) in [5, 5.41) is 2.90. The number of carbonyl (C=O) groups excluding carboxylic acids is 1. The van der Waals surface area contributed by atoms with Crippen LogP contribution in [0.4, 0.5) is 4.39 Å². The molecule has 106 valence electrons. The number of aryl methyl sites for hydroxylation is 1. The van der Waals surface area contributed by atoms with Crippen molar-refractivity contribution in [3.8, 4) is 0 Å². The minimum absolute atomic E-state index is 0.0114. The van der Waals surface area contributed by atoms with Crippen LogP contribution in [0, 0.1) is 12.7 Å². The van der Waals surface area contributed by atoms with Crippen LogP contribution in [0.25, 0.3) is 0 Å². The molecule has 3 nitrogen and oxygen atoms in total. The summed E-state index contributed by atoms with van der Waals surface area (Å²) >= 11 is 0. The summed E-state index contributed by atoms with van der Waals surface area (Å²) < 4.78 is 13.3. The van der Waals surface area contributed by atoms with Gasteiger partial charge in [0, 0.05) is 18.4 Å². The molecule has 0 spiro atoms. The van der Waals surface area contributed by atoms with Crippen LogP contribution in [0.3, 0.4) is 0 Å². The molecule has 0 saturated heterocycles. The number of nitrogens with two attached hydrogens (primary N) is 1. The molecule has 0 heterocycles. The molecule has 3 N–H and O–H groups in total. The largest absolute Gasteiger partial charge is 0.355 e. The lowest BCUT2D eigenvalue weighted by atomic mass is 9.84. The van der Waals surface area contributed by atoms with Gasteiger partial charge in [0.1, 0.15) is 5.82 Å². The number of benzene rings is 1. The molecule has 0 saturated carbocycles. The third-order valence-electron chi connectivity index (χ3n) is 3.27. The second-order valence-corrected chi connectivity index (χ2v) is 5.52. The van der Waals surface area contributed by atoms with E-state index in [1.165, 1.54) is 6.07 Å². The molecule has 0 aliphatic rings. The highest BCUT2D eigenvalue weighted by atomic mass is 19.1. The summed E-state index contributed by atoms with van der Waals surface area (Å²) in [7, 11) is 0. The molecule has 19 heavy (non-hydrogen) atoms. The van der Waals surface area contributed by atoms with Crippen LogP contribution in [0.2, 0.25) is 0 Å². The van der Waals surface area contributed by atoms with E-state index in [0.29, 0.717) is 31.5 Å². The molecular weight excluding hydrogens is 243 g/mol. The molecule has 0 atom stereocenters. The molecule has 0 unspecified atom stereocenters. The highest BCUT2D eigenvalue weighted by Gasteiger charge is 2.22. The smallest absolute Gasteiger partial charge is 0.220 e. The molecule has 0 fully saturated rings. The SMILES string of the molecule is Cc1cc(C(C)(C)CNC(=O)CCCN)ccc1F. The Morgan fingerprint density at radius 2 is 2.11 bits per heavy atom. The number of rotatable bonds is 6. The number of carbonyl (C=O) groups is 1. The van der Waals surface area contributed by atoms with E-state index in [-0.39, 0.29) is 17.1 Å². The van der Waals surface area contributed by atoms with Crippen molar-refractivity contribution in [3.63, 3.8) is 0 Å². The molecule has 0 aromatic heterocycles. The first-order valence-electron chi connectivity index (χ1n) is 6.60. The van der Waals surface area contributed by atoms with Gasteiger partial charge in [0.15, 0.2) is 0 Å². The zero-order chi connectivity index (χ0) is 14.5. The van der Waals surface area contributed by atoms with Crippen molar-refractivity contribution in [1.82, 2.24) is 5.32 Å². The summed E-state index contributed by atoms with van der Waals surface area (Å²) in [6.07, 6.45) is 1.15. The number of hydrogen-bond donors (Lipinski definition) is 2. The minimum atomic E-state index is -0.225. The predicted molar refractivity (Wildman–Crippen MR) is 75.5 cm³/mol. The van der Waals surface area contributed by atoms with Gasteiger partial charge >= 0.3 is 0 Å². The van der Waals surface area contributed by atoms with Crippen molar-refractivity contribution in [3.05, 3.63) is 35.1 Å². The predicted octanol–water partition coefficient (Wildman–Crippen LogP) is 2.27. The van der Waals surface area contributed by atoms with E-state index in [1.54, 1.807) is 13.0 Å². The van der Waals surface area contributed by atoms with Gasteiger partial charge in [-0.25, -0.2) is 4.39 Å². The third kappa shape index (κ3) is 4.63. The van der Waals surface area contributed by atoms with Crippen LogP contribution in [-0.4, -0.2) is 19.0 Å². The Hall–Kier alpha value is -1.42. The fourth-order valence-corrected chi connectivity index (χ4v) is 1.84. The van der Waals surface area contributed by atoms with Crippen LogP contribution < -0.4 is 11.1 Å². The van der Waals surface area contributed by atoms with Crippen molar-refractivity contribution >= 4 is 5.91 Å². The quantitative estimate of drug-likeness (QED) is 0.830. The summed E-state index contributed by atoms with van der Waals surface area (Å²) in [6.45, 7) is 6.86. The van der Waals surface area contributed by atoms with E-state index >= 15 is 0 Å². The summed E-state index contributed by atoms with van der Waals surface area (Å²) in [5.74, 6) is -0.191. The van der Waals surface area contributed by atoms with Gasteiger partial charge in [-0.15, -0.1) is 0 Å².